The monoisotopic (exact) mass is 306 g/mol. The summed E-state index contributed by atoms with van der Waals surface area (Å²) in [5.74, 6) is 7.71. The minimum Gasteiger partial charge on any atom is -0.353 e. The molecule has 116 valence electrons. The molecular weight excluding hydrogens is 287 g/mol. The van der Waals surface area contributed by atoms with E-state index >= 15 is 0 Å². The third kappa shape index (κ3) is 2.94. The summed E-state index contributed by atoms with van der Waals surface area (Å²) in [7, 11) is 0. The first-order valence-electron chi connectivity index (χ1n) is 8.30. The topological polar surface area (TPSA) is 16.1 Å². The number of aromatic nitrogens is 1. The first-order valence-corrected chi connectivity index (χ1v) is 8.30. The lowest BCUT2D eigenvalue weighted by molar-refractivity contribution is 0.540. The molecule has 0 radical (unpaired) electrons. The molecule has 0 spiro atoms. The van der Waals surface area contributed by atoms with E-state index in [1.165, 1.54) is 37.8 Å². The number of halogens is 1. The second kappa shape index (κ2) is 6.04. The van der Waals surface area contributed by atoms with Crippen molar-refractivity contribution in [3.8, 4) is 11.8 Å². The van der Waals surface area contributed by atoms with Gasteiger partial charge in [-0.1, -0.05) is 24.3 Å². The molecule has 0 amide bonds. The van der Waals surface area contributed by atoms with Crippen LogP contribution in [-0.4, -0.2) is 17.6 Å². The van der Waals surface area contributed by atoms with Crippen LogP contribution in [0.4, 0.5) is 10.2 Å². The minimum atomic E-state index is -0.259. The van der Waals surface area contributed by atoms with Gasteiger partial charge in [-0.3, -0.25) is 0 Å². The molecule has 1 aromatic heterocycles. The highest BCUT2D eigenvalue weighted by Gasteiger charge is 2.37. The first-order chi connectivity index (χ1) is 11.3. The van der Waals surface area contributed by atoms with Gasteiger partial charge in [0.15, 0.2) is 0 Å². The molecular formula is C20H19FN2. The second-order valence-corrected chi connectivity index (χ2v) is 6.41. The van der Waals surface area contributed by atoms with Crippen LogP contribution >= 0.6 is 0 Å². The van der Waals surface area contributed by atoms with Crippen LogP contribution in [-0.2, 0) is 0 Å². The molecule has 1 aliphatic carbocycles. The molecule has 1 aliphatic heterocycles. The lowest BCUT2D eigenvalue weighted by Gasteiger charge is -2.24. The Morgan fingerprint density at radius 2 is 1.96 bits per heavy atom. The summed E-state index contributed by atoms with van der Waals surface area (Å²) in [4.78, 5) is 7.06. The summed E-state index contributed by atoms with van der Waals surface area (Å²) < 4.78 is 13.1. The van der Waals surface area contributed by atoms with Crippen LogP contribution < -0.4 is 4.90 Å². The number of pyridine rings is 1. The Balaban J connectivity index is 1.50. The van der Waals surface area contributed by atoms with E-state index in [4.69, 9.17) is 0 Å². The molecule has 3 heteroatoms. The molecule has 1 saturated carbocycles. The van der Waals surface area contributed by atoms with E-state index in [0.717, 1.165) is 23.8 Å². The van der Waals surface area contributed by atoms with Gasteiger partial charge in [0.1, 0.15) is 11.6 Å². The molecule has 2 atom stereocenters. The van der Waals surface area contributed by atoms with Gasteiger partial charge in [0, 0.05) is 29.9 Å². The van der Waals surface area contributed by atoms with Gasteiger partial charge >= 0.3 is 0 Å². The molecule has 2 fully saturated rings. The lowest BCUT2D eigenvalue weighted by atomic mass is 10.0. The molecule has 2 heterocycles. The van der Waals surface area contributed by atoms with E-state index in [-0.39, 0.29) is 5.82 Å². The van der Waals surface area contributed by atoms with Crippen LogP contribution in [0.3, 0.4) is 0 Å². The number of rotatable bonds is 1. The fourth-order valence-corrected chi connectivity index (χ4v) is 3.86. The van der Waals surface area contributed by atoms with Crippen LogP contribution in [0.5, 0.6) is 0 Å². The zero-order chi connectivity index (χ0) is 15.6. The second-order valence-electron chi connectivity index (χ2n) is 6.41. The summed E-state index contributed by atoms with van der Waals surface area (Å²) in [6, 6.07) is 11.1. The van der Waals surface area contributed by atoms with Crippen molar-refractivity contribution >= 4 is 5.82 Å². The van der Waals surface area contributed by atoms with Gasteiger partial charge in [0.2, 0.25) is 0 Å². The van der Waals surface area contributed by atoms with Crippen LogP contribution in [0.2, 0.25) is 0 Å². The Labute approximate surface area is 136 Å². The zero-order valence-corrected chi connectivity index (χ0v) is 13.0. The SMILES string of the molecule is Fc1cccc(C#Cc2ccc(N3CC[C@H]4CCC[C@H]43)nc2)c1. The number of anilines is 1. The van der Waals surface area contributed by atoms with Crippen molar-refractivity contribution in [3.63, 3.8) is 0 Å². The van der Waals surface area contributed by atoms with Crippen LogP contribution in [0.1, 0.15) is 36.8 Å². The largest absolute Gasteiger partial charge is 0.353 e. The maximum atomic E-state index is 13.1. The molecule has 0 bridgehead atoms. The van der Waals surface area contributed by atoms with Crippen LogP contribution in [0, 0.1) is 23.6 Å². The predicted molar refractivity (Wildman–Crippen MR) is 89.7 cm³/mol. The van der Waals surface area contributed by atoms with Gasteiger partial charge in [0.05, 0.1) is 0 Å². The average molecular weight is 306 g/mol. The number of hydrogen-bond donors (Lipinski definition) is 0. The summed E-state index contributed by atoms with van der Waals surface area (Å²) in [6.45, 7) is 1.12. The maximum absolute atomic E-state index is 13.1. The van der Waals surface area contributed by atoms with Crippen molar-refractivity contribution in [2.24, 2.45) is 5.92 Å². The van der Waals surface area contributed by atoms with Crippen LogP contribution in [0.25, 0.3) is 0 Å². The Kier molecular flexibility index (Phi) is 3.75. The van der Waals surface area contributed by atoms with Crippen molar-refractivity contribution in [3.05, 3.63) is 59.5 Å². The van der Waals surface area contributed by atoms with E-state index in [9.17, 15) is 4.39 Å². The third-order valence-corrected chi connectivity index (χ3v) is 4.98. The van der Waals surface area contributed by atoms with E-state index in [0.29, 0.717) is 11.6 Å². The van der Waals surface area contributed by atoms with E-state index in [1.54, 1.807) is 6.07 Å². The van der Waals surface area contributed by atoms with Crippen LogP contribution in [0.15, 0.2) is 42.6 Å². The van der Waals surface area contributed by atoms with Gasteiger partial charge in [-0.05, 0) is 55.5 Å². The maximum Gasteiger partial charge on any atom is 0.128 e. The molecule has 23 heavy (non-hydrogen) atoms. The highest BCUT2D eigenvalue weighted by atomic mass is 19.1. The van der Waals surface area contributed by atoms with E-state index in [2.05, 4.69) is 27.8 Å². The van der Waals surface area contributed by atoms with Gasteiger partial charge in [-0.15, -0.1) is 0 Å². The van der Waals surface area contributed by atoms with E-state index in [1.807, 2.05) is 18.3 Å². The fourth-order valence-electron chi connectivity index (χ4n) is 3.86. The standard InChI is InChI=1S/C20H19FN2/c21-18-5-1-3-15(13-18)7-8-16-9-10-20(22-14-16)23-12-11-17-4-2-6-19(17)23/h1,3,5,9-10,13-14,17,19H,2,4,6,11-12H2/t17-,19-/m1/s1. The number of fused-ring (bicyclic) bond motifs is 1. The summed E-state index contributed by atoms with van der Waals surface area (Å²) >= 11 is 0. The summed E-state index contributed by atoms with van der Waals surface area (Å²) in [6.07, 6.45) is 7.15. The molecule has 2 nitrogen and oxygen atoms in total. The number of nitrogens with zero attached hydrogens (tertiary/aromatic N) is 2. The lowest BCUT2D eigenvalue weighted by Crippen LogP contribution is -2.30. The minimum absolute atomic E-state index is 0.259. The quantitative estimate of drug-likeness (QED) is 0.740. The summed E-state index contributed by atoms with van der Waals surface area (Å²) in [5.41, 5.74) is 1.54. The Morgan fingerprint density at radius 3 is 2.78 bits per heavy atom. The number of benzene rings is 1. The van der Waals surface area contributed by atoms with Gasteiger partial charge < -0.3 is 4.90 Å². The molecule has 1 aromatic carbocycles. The zero-order valence-electron chi connectivity index (χ0n) is 13.0. The molecule has 0 N–H and O–H groups in total. The smallest absolute Gasteiger partial charge is 0.128 e. The van der Waals surface area contributed by atoms with E-state index < -0.39 is 0 Å². The average Bonchev–Trinajstić information content (AvgIpc) is 3.17. The fraction of sp³-hybridized carbons (Fsp3) is 0.350. The molecule has 2 aliphatic rings. The van der Waals surface area contributed by atoms with Gasteiger partial charge in [-0.2, -0.15) is 0 Å². The van der Waals surface area contributed by atoms with Gasteiger partial charge in [-0.25, -0.2) is 9.37 Å². The Morgan fingerprint density at radius 1 is 1.04 bits per heavy atom. The molecule has 2 aromatic rings. The Bertz CT molecular complexity index is 757. The Hall–Kier alpha value is -2.34. The van der Waals surface area contributed by atoms with Crippen molar-refractivity contribution in [2.45, 2.75) is 31.7 Å². The highest BCUT2D eigenvalue weighted by molar-refractivity contribution is 5.47. The van der Waals surface area contributed by atoms with Crippen molar-refractivity contribution < 1.29 is 4.39 Å². The molecule has 0 unspecified atom stereocenters. The third-order valence-electron chi connectivity index (χ3n) is 4.98. The normalized spacial score (nSPS) is 22.6. The molecule has 4 rings (SSSR count). The summed E-state index contributed by atoms with van der Waals surface area (Å²) in [5, 5.41) is 0. The molecule has 1 saturated heterocycles. The van der Waals surface area contributed by atoms with Gasteiger partial charge in [0.25, 0.3) is 0 Å². The van der Waals surface area contributed by atoms with Crippen molar-refractivity contribution in [2.75, 3.05) is 11.4 Å². The predicted octanol–water partition coefficient (Wildman–Crippen LogP) is 4.00. The van der Waals surface area contributed by atoms with Crippen molar-refractivity contribution in [1.29, 1.82) is 0 Å². The number of hydrogen-bond acceptors (Lipinski definition) is 2. The van der Waals surface area contributed by atoms with Crippen molar-refractivity contribution in [1.82, 2.24) is 4.98 Å². The first kappa shape index (κ1) is 14.3. The highest BCUT2D eigenvalue weighted by Crippen LogP contribution is 2.39.